The molecular formula is C19H31N3O3. The van der Waals surface area contributed by atoms with Crippen LogP contribution in [0.15, 0.2) is 24.3 Å². The van der Waals surface area contributed by atoms with Crippen molar-refractivity contribution in [2.24, 2.45) is 0 Å². The van der Waals surface area contributed by atoms with Gasteiger partial charge in [-0.3, -0.25) is 0 Å². The molecule has 6 heteroatoms. The Balaban J connectivity index is 1.91. The van der Waals surface area contributed by atoms with Crippen molar-refractivity contribution in [3.8, 4) is 5.75 Å². The Kier molecular flexibility index (Phi) is 8.01. The number of rotatable bonds is 8. The third-order valence-corrected chi connectivity index (χ3v) is 4.74. The van der Waals surface area contributed by atoms with Crippen molar-refractivity contribution in [2.75, 3.05) is 47.5 Å². The Morgan fingerprint density at radius 3 is 2.52 bits per heavy atom. The van der Waals surface area contributed by atoms with Gasteiger partial charge in [-0.1, -0.05) is 12.1 Å². The van der Waals surface area contributed by atoms with E-state index < -0.39 is 0 Å². The largest absolute Gasteiger partial charge is 0.497 e. The van der Waals surface area contributed by atoms with Crippen LogP contribution < -0.4 is 10.1 Å². The topological polar surface area (TPSA) is 54.0 Å². The molecule has 1 saturated heterocycles. The molecule has 1 aromatic rings. The van der Waals surface area contributed by atoms with Crippen molar-refractivity contribution in [2.45, 2.75) is 31.8 Å². The summed E-state index contributed by atoms with van der Waals surface area (Å²) in [5.41, 5.74) is 1.06. The van der Waals surface area contributed by atoms with E-state index in [2.05, 4.69) is 17.3 Å². The van der Waals surface area contributed by atoms with Crippen molar-refractivity contribution in [3.63, 3.8) is 0 Å². The summed E-state index contributed by atoms with van der Waals surface area (Å²) < 4.78 is 10.3. The van der Waals surface area contributed by atoms with Crippen LogP contribution in [0.2, 0.25) is 0 Å². The molecule has 0 aromatic heterocycles. The second-order valence-corrected chi connectivity index (χ2v) is 6.58. The Bertz CT molecular complexity index is 513. The highest BCUT2D eigenvalue weighted by Crippen LogP contribution is 2.17. The number of likely N-dealkylation sites (tertiary alicyclic amines) is 1. The molecule has 140 valence electrons. The first-order chi connectivity index (χ1) is 12.1. The molecule has 0 aliphatic carbocycles. The molecule has 0 saturated carbocycles. The summed E-state index contributed by atoms with van der Waals surface area (Å²) in [5.74, 6) is 0.822. The summed E-state index contributed by atoms with van der Waals surface area (Å²) in [5, 5.41) is 3.06. The minimum absolute atomic E-state index is 0.0153. The van der Waals surface area contributed by atoms with Gasteiger partial charge in [0.05, 0.1) is 7.11 Å². The molecule has 6 nitrogen and oxygen atoms in total. The van der Waals surface area contributed by atoms with E-state index in [0.29, 0.717) is 19.2 Å². The molecule has 0 radical (unpaired) electrons. The molecule has 0 spiro atoms. The standard InChI is InChI=1S/C19H31N3O3/c1-21-12-9-17(10-13-21)22(11-4-14-24-2)19(23)20-15-16-5-7-18(25-3)8-6-16/h5-8,17H,4,9-15H2,1-3H3,(H,20,23). The lowest BCUT2D eigenvalue weighted by Gasteiger charge is -2.37. The number of benzene rings is 1. The quantitative estimate of drug-likeness (QED) is 0.732. The van der Waals surface area contributed by atoms with Crippen molar-refractivity contribution >= 4 is 6.03 Å². The monoisotopic (exact) mass is 349 g/mol. The number of methoxy groups -OCH3 is 2. The molecule has 0 bridgehead atoms. The molecule has 1 N–H and O–H groups in total. The molecule has 0 atom stereocenters. The van der Waals surface area contributed by atoms with Crippen LogP contribution in [-0.4, -0.2) is 69.4 Å². The van der Waals surface area contributed by atoms with Crippen molar-refractivity contribution in [1.82, 2.24) is 15.1 Å². The third kappa shape index (κ3) is 6.21. The highest BCUT2D eigenvalue weighted by molar-refractivity contribution is 5.74. The fourth-order valence-corrected chi connectivity index (χ4v) is 3.16. The average Bonchev–Trinajstić information content (AvgIpc) is 2.65. The van der Waals surface area contributed by atoms with Crippen molar-refractivity contribution < 1.29 is 14.3 Å². The Hall–Kier alpha value is -1.79. The highest BCUT2D eigenvalue weighted by Gasteiger charge is 2.26. The number of hydrogen-bond donors (Lipinski definition) is 1. The molecule has 2 amide bonds. The van der Waals surface area contributed by atoms with Crippen LogP contribution in [0, 0.1) is 0 Å². The van der Waals surface area contributed by atoms with Crippen molar-refractivity contribution in [1.29, 1.82) is 0 Å². The summed E-state index contributed by atoms with van der Waals surface area (Å²) in [6.45, 7) is 4.01. The molecular weight excluding hydrogens is 318 g/mol. The summed E-state index contributed by atoms with van der Waals surface area (Å²) in [7, 11) is 5.48. The Labute approximate surface area is 151 Å². The summed E-state index contributed by atoms with van der Waals surface area (Å²) in [6.07, 6.45) is 2.91. The maximum atomic E-state index is 12.8. The van der Waals surface area contributed by atoms with Crippen LogP contribution in [0.5, 0.6) is 5.75 Å². The average molecular weight is 349 g/mol. The number of carbonyl (C=O) groups is 1. The first-order valence-corrected chi connectivity index (χ1v) is 8.99. The number of piperidine rings is 1. The second kappa shape index (κ2) is 10.3. The van der Waals surface area contributed by atoms with E-state index >= 15 is 0 Å². The van der Waals surface area contributed by atoms with E-state index in [9.17, 15) is 4.79 Å². The molecule has 1 aromatic carbocycles. The van der Waals surface area contributed by atoms with E-state index in [1.807, 2.05) is 29.2 Å². The van der Waals surface area contributed by atoms with Crippen LogP contribution in [0.25, 0.3) is 0 Å². The predicted octanol–water partition coefficient (Wildman–Crippen LogP) is 2.34. The molecule has 25 heavy (non-hydrogen) atoms. The number of nitrogens with zero attached hydrogens (tertiary/aromatic N) is 2. The summed E-state index contributed by atoms with van der Waals surface area (Å²) in [6, 6.07) is 8.10. The van der Waals surface area contributed by atoms with Gasteiger partial charge < -0.3 is 24.6 Å². The minimum atomic E-state index is 0.0153. The smallest absolute Gasteiger partial charge is 0.317 e. The normalized spacial score (nSPS) is 15.8. The number of urea groups is 1. The molecule has 2 rings (SSSR count). The first-order valence-electron chi connectivity index (χ1n) is 8.99. The van der Waals surface area contributed by atoms with Gasteiger partial charge in [0.1, 0.15) is 5.75 Å². The molecule has 1 fully saturated rings. The van der Waals surface area contributed by atoms with Gasteiger partial charge in [-0.2, -0.15) is 0 Å². The number of amides is 2. The van der Waals surface area contributed by atoms with Gasteiger partial charge in [0, 0.05) is 32.8 Å². The van der Waals surface area contributed by atoms with E-state index in [1.54, 1.807) is 14.2 Å². The van der Waals surface area contributed by atoms with E-state index in [1.165, 1.54) is 0 Å². The zero-order valence-electron chi connectivity index (χ0n) is 15.7. The summed E-state index contributed by atoms with van der Waals surface area (Å²) in [4.78, 5) is 17.1. The van der Waals surface area contributed by atoms with Gasteiger partial charge in [0.25, 0.3) is 0 Å². The molecule has 1 aliphatic rings. The molecule has 1 heterocycles. The minimum Gasteiger partial charge on any atom is -0.497 e. The lowest BCUT2D eigenvalue weighted by atomic mass is 10.0. The first kappa shape index (κ1) is 19.5. The van der Waals surface area contributed by atoms with Crippen LogP contribution >= 0.6 is 0 Å². The summed E-state index contributed by atoms with van der Waals surface area (Å²) >= 11 is 0. The maximum absolute atomic E-state index is 12.8. The zero-order chi connectivity index (χ0) is 18.1. The number of nitrogens with one attached hydrogen (secondary N) is 1. The lowest BCUT2D eigenvalue weighted by Crippen LogP contribution is -2.50. The third-order valence-electron chi connectivity index (χ3n) is 4.74. The van der Waals surface area contributed by atoms with Gasteiger partial charge in [-0.25, -0.2) is 4.79 Å². The molecule has 1 aliphatic heterocycles. The van der Waals surface area contributed by atoms with Gasteiger partial charge >= 0.3 is 6.03 Å². The van der Waals surface area contributed by atoms with Gasteiger partial charge in [-0.15, -0.1) is 0 Å². The van der Waals surface area contributed by atoms with Crippen LogP contribution in [0.4, 0.5) is 4.79 Å². The van der Waals surface area contributed by atoms with Crippen molar-refractivity contribution in [3.05, 3.63) is 29.8 Å². The van der Waals surface area contributed by atoms with Gasteiger partial charge in [0.15, 0.2) is 0 Å². The van der Waals surface area contributed by atoms with E-state index in [0.717, 1.165) is 50.2 Å². The highest BCUT2D eigenvalue weighted by atomic mass is 16.5. The molecule has 0 unspecified atom stereocenters. The van der Waals surface area contributed by atoms with Crippen LogP contribution in [-0.2, 0) is 11.3 Å². The number of hydrogen-bond acceptors (Lipinski definition) is 4. The Morgan fingerprint density at radius 1 is 1.24 bits per heavy atom. The fraction of sp³-hybridized carbons (Fsp3) is 0.632. The predicted molar refractivity (Wildman–Crippen MR) is 98.9 cm³/mol. The van der Waals surface area contributed by atoms with E-state index in [4.69, 9.17) is 9.47 Å². The van der Waals surface area contributed by atoms with E-state index in [-0.39, 0.29) is 6.03 Å². The number of ether oxygens (including phenoxy) is 2. The lowest BCUT2D eigenvalue weighted by molar-refractivity contribution is 0.118. The fourth-order valence-electron chi connectivity index (χ4n) is 3.16. The number of carbonyl (C=O) groups excluding carboxylic acids is 1. The Morgan fingerprint density at radius 2 is 1.92 bits per heavy atom. The SMILES string of the molecule is COCCCN(C(=O)NCc1ccc(OC)cc1)C1CCN(C)CC1. The van der Waals surface area contributed by atoms with Gasteiger partial charge in [0.2, 0.25) is 0 Å². The van der Waals surface area contributed by atoms with Gasteiger partial charge in [-0.05, 0) is 57.1 Å². The van der Waals surface area contributed by atoms with Crippen LogP contribution in [0.1, 0.15) is 24.8 Å². The maximum Gasteiger partial charge on any atom is 0.317 e. The second-order valence-electron chi connectivity index (χ2n) is 6.58. The zero-order valence-corrected chi connectivity index (χ0v) is 15.7. The van der Waals surface area contributed by atoms with Crippen LogP contribution in [0.3, 0.4) is 0 Å².